The molecule has 0 bridgehead atoms. The maximum Gasteiger partial charge on any atom is 0.389 e. The molecule has 10 nitrogen and oxygen atoms in total. The van der Waals surface area contributed by atoms with E-state index in [0.29, 0.717) is 16.9 Å². The average molecular weight is 601 g/mol. The molecule has 0 aromatic carbocycles. The number of aryl methyl sites for hydroxylation is 1. The average Bonchev–Trinajstić information content (AvgIpc) is 3.51. The van der Waals surface area contributed by atoms with Gasteiger partial charge in [-0.15, -0.1) is 5.10 Å². The second kappa shape index (κ2) is 11.9. The highest BCUT2D eigenvalue weighted by Crippen LogP contribution is 2.43. The number of hydrogen-bond donors (Lipinski definition) is 2. The molecule has 3 heterocycles. The fraction of sp³-hybridized carbons (Fsp3) is 0.615. The SMILES string of the molecule is O=C(CCC(F)(F)F)N[C@@H](c1cnn2cc([C@@H](NC(=O)c3cnnn3CCF)C3CCC(F)(F)CC3)nc2c1)C1CC1. The molecule has 0 unspecified atom stereocenters. The van der Waals surface area contributed by atoms with Gasteiger partial charge in [-0.05, 0) is 49.1 Å². The smallest absolute Gasteiger partial charge is 0.349 e. The van der Waals surface area contributed by atoms with E-state index in [2.05, 4.69) is 31.0 Å². The first kappa shape index (κ1) is 29.8. The Morgan fingerprint density at radius 2 is 1.76 bits per heavy atom. The molecular weight excluding hydrogens is 570 g/mol. The van der Waals surface area contributed by atoms with Gasteiger partial charge in [-0.3, -0.25) is 9.59 Å². The molecule has 5 rings (SSSR count). The van der Waals surface area contributed by atoms with E-state index in [4.69, 9.17) is 0 Å². The minimum absolute atomic E-state index is 0.0107. The van der Waals surface area contributed by atoms with Gasteiger partial charge >= 0.3 is 6.18 Å². The molecule has 228 valence electrons. The maximum absolute atomic E-state index is 14.0. The van der Waals surface area contributed by atoms with Crippen molar-refractivity contribution in [1.82, 2.24) is 40.2 Å². The van der Waals surface area contributed by atoms with Crippen LogP contribution < -0.4 is 10.6 Å². The zero-order valence-electron chi connectivity index (χ0n) is 22.5. The van der Waals surface area contributed by atoms with Crippen LogP contribution in [-0.2, 0) is 11.3 Å². The van der Waals surface area contributed by atoms with E-state index in [0.717, 1.165) is 17.5 Å². The molecule has 2 fully saturated rings. The number of halogens is 6. The number of rotatable bonds is 11. The Hall–Kier alpha value is -3.72. The lowest BCUT2D eigenvalue weighted by molar-refractivity contribution is -0.144. The Morgan fingerprint density at radius 3 is 2.43 bits per heavy atom. The first-order chi connectivity index (χ1) is 19.9. The number of carbonyl (C=O) groups is 2. The van der Waals surface area contributed by atoms with Crippen molar-refractivity contribution in [3.05, 3.63) is 41.6 Å². The summed E-state index contributed by atoms with van der Waals surface area (Å²) < 4.78 is 81.2. The Morgan fingerprint density at radius 1 is 1.05 bits per heavy atom. The number of carbonyl (C=O) groups excluding carboxylic acids is 2. The molecule has 16 heteroatoms. The Kier molecular flexibility index (Phi) is 8.42. The fourth-order valence-corrected chi connectivity index (χ4v) is 5.36. The quantitative estimate of drug-likeness (QED) is 0.313. The van der Waals surface area contributed by atoms with Gasteiger partial charge in [0.25, 0.3) is 5.91 Å². The van der Waals surface area contributed by atoms with Crippen molar-refractivity contribution < 1.29 is 35.9 Å². The highest BCUT2D eigenvalue weighted by atomic mass is 19.4. The molecule has 2 aliphatic rings. The van der Waals surface area contributed by atoms with Crippen LogP contribution in [0.5, 0.6) is 0 Å². The van der Waals surface area contributed by atoms with Crippen molar-refractivity contribution in [2.45, 2.75) is 82.1 Å². The van der Waals surface area contributed by atoms with Crippen LogP contribution in [0.1, 0.15) is 85.2 Å². The fourth-order valence-electron chi connectivity index (χ4n) is 5.36. The highest BCUT2D eigenvalue weighted by Gasteiger charge is 2.40. The van der Waals surface area contributed by atoms with E-state index in [1.165, 1.54) is 16.9 Å². The summed E-state index contributed by atoms with van der Waals surface area (Å²) in [6.45, 7) is -0.950. The van der Waals surface area contributed by atoms with E-state index in [9.17, 15) is 35.9 Å². The van der Waals surface area contributed by atoms with Crippen LogP contribution in [0.15, 0.2) is 24.7 Å². The summed E-state index contributed by atoms with van der Waals surface area (Å²) >= 11 is 0. The first-order valence-electron chi connectivity index (χ1n) is 13.8. The molecule has 2 amide bonds. The van der Waals surface area contributed by atoms with E-state index in [1.54, 1.807) is 12.3 Å². The van der Waals surface area contributed by atoms with Crippen LogP contribution in [0, 0.1) is 11.8 Å². The molecule has 3 aromatic heterocycles. The zero-order valence-corrected chi connectivity index (χ0v) is 22.5. The minimum Gasteiger partial charge on any atom is -0.349 e. The van der Waals surface area contributed by atoms with Crippen LogP contribution >= 0.6 is 0 Å². The molecular formula is C26H30F6N8O2. The number of nitrogens with zero attached hydrogens (tertiary/aromatic N) is 6. The number of imidazole rings is 1. The van der Waals surface area contributed by atoms with E-state index in [-0.39, 0.29) is 49.8 Å². The number of amides is 2. The van der Waals surface area contributed by atoms with Crippen LogP contribution in [0.25, 0.3) is 5.65 Å². The number of nitrogens with one attached hydrogen (secondary N) is 2. The van der Waals surface area contributed by atoms with Gasteiger partial charge in [0.2, 0.25) is 11.8 Å². The molecule has 3 aromatic rings. The van der Waals surface area contributed by atoms with Crippen LogP contribution in [0.3, 0.4) is 0 Å². The van der Waals surface area contributed by atoms with Gasteiger partial charge in [-0.1, -0.05) is 5.21 Å². The largest absolute Gasteiger partial charge is 0.389 e. The molecule has 0 saturated heterocycles. The van der Waals surface area contributed by atoms with Gasteiger partial charge in [0.15, 0.2) is 5.65 Å². The lowest BCUT2D eigenvalue weighted by Crippen LogP contribution is -2.38. The molecule has 2 atom stereocenters. The topological polar surface area (TPSA) is 119 Å². The highest BCUT2D eigenvalue weighted by molar-refractivity contribution is 5.92. The standard InChI is InChI=1S/C26H30F6N8O2/c27-9-10-39-19(13-33-38-39)24(42)37-23(16-3-6-25(28,29)7-4-16)18-14-40-20(35-18)11-17(12-34-40)22(15-1-2-15)36-21(41)5-8-26(30,31)32/h11-16,22-23H,1-10H2,(H,36,41)(H,37,42)/t22-,23+/m1/s1. The number of hydrogen-bond acceptors (Lipinski definition) is 6. The minimum atomic E-state index is -4.44. The molecule has 0 radical (unpaired) electrons. The Labute approximate surface area is 236 Å². The summed E-state index contributed by atoms with van der Waals surface area (Å²) in [5.74, 6) is -4.46. The molecule has 0 aliphatic heterocycles. The maximum atomic E-state index is 14.0. The summed E-state index contributed by atoms with van der Waals surface area (Å²) in [4.78, 5) is 30.1. The van der Waals surface area contributed by atoms with Gasteiger partial charge in [0.1, 0.15) is 12.4 Å². The third-order valence-electron chi connectivity index (χ3n) is 7.75. The summed E-state index contributed by atoms with van der Waals surface area (Å²) in [6.07, 6.45) is -0.940. The Bertz CT molecular complexity index is 1410. The van der Waals surface area contributed by atoms with E-state index < -0.39 is 55.5 Å². The number of alkyl halides is 6. The van der Waals surface area contributed by atoms with Gasteiger partial charge in [-0.25, -0.2) is 27.4 Å². The third kappa shape index (κ3) is 7.18. The summed E-state index contributed by atoms with van der Waals surface area (Å²) in [5.41, 5.74) is 1.30. The second-order valence-electron chi connectivity index (χ2n) is 10.9. The lowest BCUT2D eigenvalue weighted by Gasteiger charge is -2.33. The predicted octanol–water partition coefficient (Wildman–Crippen LogP) is 4.50. The number of aromatic nitrogens is 6. The first-order valence-corrected chi connectivity index (χ1v) is 13.8. The van der Waals surface area contributed by atoms with Crippen molar-refractivity contribution in [2.24, 2.45) is 11.8 Å². The molecule has 42 heavy (non-hydrogen) atoms. The molecule has 0 spiro atoms. The normalized spacial score (nSPS) is 19.0. The van der Waals surface area contributed by atoms with Crippen LogP contribution in [-0.4, -0.2) is 60.2 Å². The second-order valence-corrected chi connectivity index (χ2v) is 10.9. The molecule has 2 saturated carbocycles. The summed E-state index contributed by atoms with van der Waals surface area (Å²) in [7, 11) is 0. The van der Waals surface area contributed by atoms with Crippen LogP contribution in [0.2, 0.25) is 0 Å². The number of fused-ring (bicyclic) bond motifs is 1. The van der Waals surface area contributed by atoms with Crippen molar-refractivity contribution >= 4 is 17.5 Å². The van der Waals surface area contributed by atoms with Crippen molar-refractivity contribution in [3.63, 3.8) is 0 Å². The van der Waals surface area contributed by atoms with E-state index >= 15 is 0 Å². The molecule has 2 N–H and O–H groups in total. The van der Waals surface area contributed by atoms with Crippen molar-refractivity contribution in [3.8, 4) is 0 Å². The zero-order chi connectivity index (χ0) is 30.1. The van der Waals surface area contributed by atoms with Gasteiger partial charge in [-0.2, -0.15) is 18.3 Å². The monoisotopic (exact) mass is 600 g/mol. The summed E-state index contributed by atoms with van der Waals surface area (Å²) in [6, 6.07) is 0.342. The van der Waals surface area contributed by atoms with Crippen LogP contribution in [0.4, 0.5) is 26.3 Å². The summed E-state index contributed by atoms with van der Waals surface area (Å²) in [5, 5.41) is 17.3. The van der Waals surface area contributed by atoms with Gasteiger partial charge in [0.05, 0.1) is 49.3 Å². The van der Waals surface area contributed by atoms with Crippen molar-refractivity contribution in [1.29, 1.82) is 0 Å². The Balaban J connectivity index is 1.39. The van der Waals surface area contributed by atoms with Crippen molar-refractivity contribution in [2.75, 3.05) is 6.67 Å². The lowest BCUT2D eigenvalue weighted by atomic mass is 9.81. The van der Waals surface area contributed by atoms with E-state index in [1.807, 2.05) is 0 Å². The van der Waals surface area contributed by atoms with Gasteiger partial charge < -0.3 is 10.6 Å². The van der Waals surface area contributed by atoms with Gasteiger partial charge in [0, 0.05) is 19.3 Å². The predicted molar refractivity (Wildman–Crippen MR) is 135 cm³/mol. The third-order valence-corrected chi connectivity index (χ3v) is 7.75. The molecule has 2 aliphatic carbocycles.